The topological polar surface area (TPSA) is 34.0 Å². The van der Waals surface area contributed by atoms with E-state index in [1.165, 1.54) is 18.2 Å². The summed E-state index contributed by atoms with van der Waals surface area (Å²) in [4.78, 5) is 13.0. The van der Waals surface area contributed by atoms with Gasteiger partial charge in [0.15, 0.2) is 11.6 Å². The average Bonchev–Trinajstić information content (AvgIpc) is 2.93. The second kappa shape index (κ2) is 8.55. The van der Waals surface area contributed by atoms with Crippen LogP contribution in [0.3, 0.4) is 0 Å². The Bertz CT molecular complexity index is 1040. The molecule has 3 rings (SSSR count). The van der Waals surface area contributed by atoms with Gasteiger partial charge in [-0.3, -0.25) is 4.79 Å². The lowest BCUT2D eigenvalue weighted by molar-refractivity contribution is 0.0941. The van der Waals surface area contributed by atoms with E-state index < -0.39 is 11.6 Å². The highest BCUT2D eigenvalue weighted by Crippen LogP contribution is 2.24. The first kappa shape index (κ1) is 20.7. The van der Waals surface area contributed by atoms with E-state index in [2.05, 4.69) is 5.32 Å². The summed E-state index contributed by atoms with van der Waals surface area (Å²) in [6, 6.07) is 9.67. The Morgan fingerprint density at radius 2 is 1.62 bits per heavy atom. The number of nitrogens with zero attached hydrogens (tertiary/aromatic N) is 1. The van der Waals surface area contributed by atoms with E-state index in [0.29, 0.717) is 11.3 Å². The van der Waals surface area contributed by atoms with Crippen molar-refractivity contribution in [2.45, 2.75) is 40.3 Å². The van der Waals surface area contributed by atoms with Crippen molar-refractivity contribution in [1.82, 2.24) is 9.88 Å². The van der Waals surface area contributed by atoms with Crippen LogP contribution in [0.4, 0.5) is 13.2 Å². The third-order valence-electron chi connectivity index (χ3n) is 5.18. The Morgan fingerprint density at radius 3 is 2.24 bits per heavy atom. The fourth-order valence-electron chi connectivity index (χ4n) is 3.65. The molecule has 1 N–H and O–H groups in total. The third-order valence-corrected chi connectivity index (χ3v) is 5.18. The second-order valence-electron chi connectivity index (χ2n) is 7.03. The van der Waals surface area contributed by atoms with Gasteiger partial charge < -0.3 is 9.88 Å². The molecule has 0 aliphatic heterocycles. The molecule has 0 unspecified atom stereocenters. The molecule has 3 nitrogen and oxygen atoms in total. The van der Waals surface area contributed by atoms with Crippen LogP contribution in [-0.2, 0) is 19.5 Å². The molecule has 1 heterocycles. The molecule has 1 amide bonds. The molecule has 0 spiro atoms. The van der Waals surface area contributed by atoms with Crippen LogP contribution in [0.2, 0.25) is 0 Å². The van der Waals surface area contributed by atoms with E-state index in [-0.39, 0.29) is 24.8 Å². The summed E-state index contributed by atoms with van der Waals surface area (Å²) in [5.74, 6) is -2.42. The summed E-state index contributed by atoms with van der Waals surface area (Å²) in [5.41, 5.74) is 4.68. The standard InChI is InChI=1S/C23H23F3N2O/c1-4-19-14(2)22(23(29)27-12-16-5-8-18(24)9-6-16)28(15(19)3)13-17-7-10-20(25)21(26)11-17/h5-11H,4,12-13H2,1-3H3,(H,27,29). The normalized spacial score (nSPS) is 11.0. The fourth-order valence-corrected chi connectivity index (χ4v) is 3.65. The number of benzene rings is 2. The lowest BCUT2D eigenvalue weighted by Gasteiger charge is -2.13. The van der Waals surface area contributed by atoms with E-state index in [0.717, 1.165) is 40.9 Å². The molecule has 3 aromatic rings. The van der Waals surface area contributed by atoms with Crippen LogP contribution >= 0.6 is 0 Å². The number of nitrogens with one attached hydrogen (secondary N) is 1. The Hall–Kier alpha value is -3.02. The zero-order chi connectivity index (χ0) is 21.1. The lowest BCUT2D eigenvalue weighted by atomic mass is 10.1. The molecular formula is C23H23F3N2O. The van der Waals surface area contributed by atoms with Gasteiger partial charge in [0.1, 0.15) is 11.5 Å². The number of hydrogen-bond acceptors (Lipinski definition) is 1. The Balaban J connectivity index is 1.90. The Morgan fingerprint density at radius 1 is 0.966 bits per heavy atom. The molecule has 2 aromatic carbocycles. The quantitative estimate of drug-likeness (QED) is 0.616. The Kier molecular flexibility index (Phi) is 6.11. The highest BCUT2D eigenvalue weighted by atomic mass is 19.2. The predicted octanol–water partition coefficient (Wildman–Crippen LogP) is 5.06. The molecule has 0 radical (unpaired) electrons. The van der Waals surface area contributed by atoms with Crippen LogP contribution in [0.1, 0.15) is 45.4 Å². The first-order valence-corrected chi connectivity index (χ1v) is 9.47. The van der Waals surface area contributed by atoms with Crippen molar-refractivity contribution < 1.29 is 18.0 Å². The van der Waals surface area contributed by atoms with E-state index in [1.54, 1.807) is 12.1 Å². The maximum absolute atomic E-state index is 13.6. The monoisotopic (exact) mass is 400 g/mol. The van der Waals surface area contributed by atoms with Crippen molar-refractivity contribution in [3.05, 3.63) is 93.6 Å². The van der Waals surface area contributed by atoms with Gasteiger partial charge in [-0.15, -0.1) is 0 Å². The second-order valence-corrected chi connectivity index (χ2v) is 7.03. The molecule has 0 aliphatic carbocycles. The highest BCUT2D eigenvalue weighted by Gasteiger charge is 2.22. The van der Waals surface area contributed by atoms with Gasteiger partial charge in [0.05, 0.1) is 0 Å². The van der Waals surface area contributed by atoms with Crippen LogP contribution < -0.4 is 5.32 Å². The van der Waals surface area contributed by atoms with Gasteiger partial charge in [-0.2, -0.15) is 0 Å². The molecule has 1 aromatic heterocycles. The van der Waals surface area contributed by atoms with Crippen LogP contribution in [0.5, 0.6) is 0 Å². The Labute approximate surface area is 168 Å². The van der Waals surface area contributed by atoms with E-state index >= 15 is 0 Å². The average molecular weight is 400 g/mol. The van der Waals surface area contributed by atoms with Crippen LogP contribution in [0, 0.1) is 31.3 Å². The van der Waals surface area contributed by atoms with Gasteiger partial charge in [0.2, 0.25) is 0 Å². The van der Waals surface area contributed by atoms with Gasteiger partial charge in [-0.25, -0.2) is 13.2 Å². The van der Waals surface area contributed by atoms with Gasteiger partial charge in [-0.05, 0) is 66.8 Å². The highest BCUT2D eigenvalue weighted by molar-refractivity contribution is 5.95. The molecule has 0 aliphatic rings. The largest absolute Gasteiger partial charge is 0.347 e. The zero-order valence-corrected chi connectivity index (χ0v) is 16.7. The van der Waals surface area contributed by atoms with Crippen molar-refractivity contribution in [1.29, 1.82) is 0 Å². The van der Waals surface area contributed by atoms with Crippen molar-refractivity contribution in [2.75, 3.05) is 0 Å². The third kappa shape index (κ3) is 4.36. The van der Waals surface area contributed by atoms with E-state index in [9.17, 15) is 18.0 Å². The maximum Gasteiger partial charge on any atom is 0.268 e. The fraction of sp³-hybridized carbons (Fsp3) is 0.261. The first-order valence-electron chi connectivity index (χ1n) is 9.47. The van der Waals surface area contributed by atoms with Gasteiger partial charge in [-0.1, -0.05) is 25.1 Å². The van der Waals surface area contributed by atoms with Crippen LogP contribution in [0.25, 0.3) is 0 Å². The van der Waals surface area contributed by atoms with Crippen molar-refractivity contribution in [3.63, 3.8) is 0 Å². The number of amides is 1. The number of hydrogen-bond donors (Lipinski definition) is 1. The minimum Gasteiger partial charge on any atom is -0.347 e. The number of carbonyl (C=O) groups is 1. The molecule has 6 heteroatoms. The van der Waals surface area contributed by atoms with E-state index in [1.807, 2.05) is 25.3 Å². The summed E-state index contributed by atoms with van der Waals surface area (Å²) in [6.45, 7) is 6.33. The van der Waals surface area contributed by atoms with Crippen molar-refractivity contribution >= 4 is 5.91 Å². The number of rotatable bonds is 6. The van der Waals surface area contributed by atoms with Crippen LogP contribution in [0.15, 0.2) is 42.5 Å². The van der Waals surface area contributed by atoms with Gasteiger partial charge in [0, 0.05) is 18.8 Å². The smallest absolute Gasteiger partial charge is 0.268 e. The molecule has 0 saturated carbocycles. The minimum atomic E-state index is -0.915. The molecular weight excluding hydrogens is 377 g/mol. The molecule has 0 saturated heterocycles. The minimum absolute atomic E-state index is 0.253. The van der Waals surface area contributed by atoms with Crippen LogP contribution in [-0.4, -0.2) is 10.5 Å². The number of carbonyl (C=O) groups excluding carboxylic acids is 1. The van der Waals surface area contributed by atoms with Crippen molar-refractivity contribution in [3.8, 4) is 0 Å². The number of aromatic nitrogens is 1. The molecule has 0 fully saturated rings. The molecule has 29 heavy (non-hydrogen) atoms. The maximum atomic E-state index is 13.6. The summed E-state index contributed by atoms with van der Waals surface area (Å²) in [7, 11) is 0. The summed E-state index contributed by atoms with van der Waals surface area (Å²) in [6.07, 6.45) is 0.751. The van der Waals surface area contributed by atoms with Gasteiger partial charge in [0.25, 0.3) is 5.91 Å². The molecule has 0 bridgehead atoms. The zero-order valence-electron chi connectivity index (χ0n) is 16.7. The molecule has 0 atom stereocenters. The summed E-state index contributed by atoms with van der Waals surface area (Å²) >= 11 is 0. The predicted molar refractivity (Wildman–Crippen MR) is 106 cm³/mol. The molecule has 152 valence electrons. The van der Waals surface area contributed by atoms with Gasteiger partial charge >= 0.3 is 0 Å². The first-order chi connectivity index (χ1) is 13.8. The lowest BCUT2D eigenvalue weighted by Crippen LogP contribution is -2.26. The van der Waals surface area contributed by atoms with Crippen molar-refractivity contribution in [2.24, 2.45) is 0 Å². The van der Waals surface area contributed by atoms with E-state index in [4.69, 9.17) is 0 Å². The summed E-state index contributed by atoms with van der Waals surface area (Å²) < 4.78 is 41.8. The summed E-state index contributed by atoms with van der Waals surface area (Å²) in [5, 5.41) is 2.87. The SMILES string of the molecule is CCc1c(C)c(C(=O)NCc2ccc(F)cc2)n(Cc2ccc(F)c(F)c2)c1C. The number of halogens is 3.